The Labute approximate surface area is 105 Å². The first-order chi connectivity index (χ1) is 7.94. The van der Waals surface area contributed by atoms with E-state index < -0.39 is 9.84 Å². The maximum atomic E-state index is 12.3. The van der Waals surface area contributed by atoms with Gasteiger partial charge in [0.25, 0.3) is 0 Å². The summed E-state index contributed by atoms with van der Waals surface area (Å²) in [5.41, 5.74) is 0. The van der Waals surface area contributed by atoms with Gasteiger partial charge in [0.15, 0.2) is 9.84 Å². The third-order valence-corrected chi connectivity index (χ3v) is 6.92. The molecule has 4 atom stereocenters. The van der Waals surface area contributed by atoms with E-state index in [1.54, 1.807) is 0 Å². The summed E-state index contributed by atoms with van der Waals surface area (Å²) >= 11 is 0. The van der Waals surface area contributed by atoms with Crippen molar-refractivity contribution in [3.63, 3.8) is 0 Å². The average molecular weight is 259 g/mol. The number of hydrogen-bond acceptors (Lipinski definition) is 3. The first-order valence-corrected chi connectivity index (χ1v) is 8.63. The van der Waals surface area contributed by atoms with Gasteiger partial charge in [-0.2, -0.15) is 0 Å². The van der Waals surface area contributed by atoms with Gasteiger partial charge >= 0.3 is 0 Å². The highest BCUT2D eigenvalue weighted by Crippen LogP contribution is 2.36. The van der Waals surface area contributed by atoms with Crippen LogP contribution in [0.2, 0.25) is 0 Å². The van der Waals surface area contributed by atoms with E-state index in [0.29, 0.717) is 17.6 Å². The predicted molar refractivity (Wildman–Crippen MR) is 70.8 cm³/mol. The van der Waals surface area contributed by atoms with Crippen molar-refractivity contribution in [1.29, 1.82) is 0 Å². The van der Waals surface area contributed by atoms with E-state index in [4.69, 9.17) is 0 Å². The van der Waals surface area contributed by atoms with Gasteiger partial charge in [0.05, 0.1) is 11.0 Å². The first-order valence-electron chi connectivity index (χ1n) is 6.91. The minimum atomic E-state index is -2.87. The van der Waals surface area contributed by atoms with Gasteiger partial charge in [-0.3, -0.25) is 0 Å². The van der Waals surface area contributed by atoms with E-state index in [1.807, 2.05) is 0 Å². The summed E-state index contributed by atoms with van der Waals surface area (Å²) in [6, 6.07) is 0.394. The smallest absolute Gasteiger partial charge is 0.156 e. The molecule has 1 saturated carbocycles. The Morgan fingerprint density at radius 2 is 2.00 bits per heavy atom. The molecule has 0 aromatic rings. The summed E-state index contributed by atoms with van der Waals surface area (Å²) in [5, 5.41) is 3.42. The average Bonchev–Trinajstić information content (AvgIpc) is 2.27. The Bertz CT molecular complexity index is 364. The van der Waals surface area contributed by atoms with Crippen LogP contribution in [-0.4, -0.2) is 31.5 Å². The van der Waals surface area contributed by atoms with E-state index in [1.165, 1.54) is 6.42 Å². The zero-order valence-corrected chi connectivity index (χ0v) is 12.0. The molecule has 1 heterocycles. The fourth-order valence-corrected chi connectivity index (χ4v) is 5.74. The van der Waals surface area contributed by atoms with Crippen molar-refractivity contribution < 1.29 is 8.42 Å². The zero-order valence-electron chi connectivity index (χ0n) is 11.1. The molecule has 1 saturated heterocycles. The fraction of sp³-hybridized carbons (Fsp3) is 1.00. The van der Waals surface area contributed by atoms with Crippen molar-refractivity contribution in [2.75, 3.05) is 5.75 Å². The first kappa shape index (κ1) is 13.3. The maximum Gasteiger partial charge on any atom is 0.156 e. The van der Waals surface area contributed by atoms with Crippen LogP contribution < -0.4 is 5.32 Å². The highest BCUT2D eigenvalue weighted by molar-refractivity contribution is 7.92. The van der Waals surface area contributed by atoms with Gasteiger partial charge in [-0.1, -0.05) is 20.8 Å². The second-order valence-corrected chi connectivity index (χ2v) is 8.33. The number of fused-ring (bicyclic) bond motifs is 1. The monoisotopic (exact) mass is 259 g/mol. The molecule has 2 rings (SSSR count). The van der Waals surface area contributed by atoms with Crippen LogP contribution in [0.25, 0.3) is 0 Å². The molecular weight excluding hydrogens is 234 g/mol. The second-order valence-electron chi connectivity index (χ2n) is 6.06. The lowest BCUT2D eigenvalue weighted by molar-refractivity contribution is 0.223. The number of nitrogens with one attached hydrogen (secondary N) is 1. The normalized spacial score (nSPS) is 41.2. The van der Waals surface area contributed by atoms with E-state index >= 15 is 0 Å². The van der Waals surface area contributed by atoms with Crippen molar-refractivity contribution in [3.05, 3.63) is 0 Å². The van der Waals surface area contributed by atoms with Gasteiger partial charge in [-0.15, -0.1) is 0 Å². The van der Waals surface area contributed by atoms with E-state index in [2.05, 4.69) is 26.1 Å². The molecule has 2 fully saturated rings. The van der Waals surface area contributed by atoms with Crippen LogP contribution in [0.4, 0.5) is 0 Å². The predicted octanol–water partition coefficient (Wildman–Crippen LogP) is 1.98. The van der Waals surface area contributed by atoms with Crippen molar-refractivity contribution in [1.82, 2.24) is 5.32 Å². The maximum absolute atomic E-state index is 12.3. The summed E-state index contributed by atoms with van der Waals surface area (Å²) in [7, 11) is -2.87. The molecule has 100 valence electrons. The Kier molecular flexibility index (Phi) is 3.83. The molecule has 0 spiro atoms. The molecule has 1 aliphatic carbocycles. The molecule has 0 amide bonds. The minimum absolute atomic E-state index is 0.119. The van der Waals surface area contributed by atoms with Crippen molar-refractivity contribution in [3.8, 4) is 0 Å². The molecule has 3 nitrogen and oxygen atoms in total. The second kappa shape index (κ2) is 4.88. The van der Waals surface area contributed by atoms with Crippen molar-refractivity contribution in [2.24, 2.45) is 11.8 Å². The third-order valence-electron chi connectivity index (χ3n) is 4.61. The standard InChI is InChI=1S/C13H25NO2S/c1-4-11-8-17(15,16)13-7-10(9(2)3)5-6-12(13)14-11/h9-14H,4-8H2,1-3H3. The Morgan fingerprint density at radius 1 is 1.29 bits per heavy atom. The van der Waals surface area contributed by atoms with Gasteiger partial charge in [0.2, 0.25) is 0 Å². The largest absolute Gasteiger partial charge is 0.309 e. The highest BCUT2D eigenvalue weighted by atomic mass is 32.2. The summed E-state index contributed by atoms with van der Waals surface area (Å²) < 4.78 is 24.6. The SMILES string of the molecule is CCC1CS(=O)(=O)C2CC(C(C)C)CCC2N1. The highest BCUT2D eigenvalue weighted by Gasteiger charge is 2.44. The lowest BCUT2D eigenvalue weighted by Gasteiger charge is -2.43. The van der Waals surface area contributed by atoms with E-state index in [0.717, 1.165) is 19.3 Å². The fourth-order valence-electron chi connectivity index (χ4n) is 3.34. The third kappa shape index (κ3) is 2.68. The molecule has 1 N–H and O–H groups in total. The lowest BCUT2D eigenvalue weighted by Crippen LogP contribution is -2.59. The van der Waals surface area contributed by atoms with Crippen LogP contribution >= 0.6 is 0 Å². The van der Waals surface area contributed by atoms with Gasteiger partial charge in [-0.25, -0.2) is 8.42 Å². The summed E-state index contributed by atoms with van der Waals surface area (Å²) in [5.74, 6) is 1.54. The molecule has 0 aromatic carbocycles. The van der Waals surface area contributed by atoms with Gasteiger partial charge in [0.1, 0.15) is 0 Å². The van der Waals surface area contributed by atoms with E-state index in [-0.39, 0.29) is 17.3 Å². The Morgan fingerprint density at radius 3 is 2.59 bits per heavy atom. The van der Waals surface area contributed by atoms with Crippen molar-refractivity contribution >= 4 is 9.84 Å². The molecule has 17 heavy (non-hydrogen) atoms. The molecule has 0 aromatic heterocycles. The molecule has 0 bridgehead atoms. The number of rotatable bonds is 2. The lowest BCUT2D eigenvalue weighted by atomic mass is 9.79. The minimum Gasteiger partial charge on any atom is -0.309 e. The van der Waals surface area contributed by atoms with Crippen molar-refractivity contribution in [2.45, 2.75) is 63.8 Å². The number of hydrogen-bond donors (Lipinski definition) is 1. The van der Waals surface area contributed by atoms with Gasteiger partial charge in [0, 0.05) is 12.1 Å². The quantitative estimate of drug-likeness (QED) is 0.825. The Hall–Kier alpha value is -0.0900. The zero-order chi connectivity index (χ0) is 12.6. The van der Waals surface area contributed by atoms with Crippen LogP contribution in [0.3, 0.4) is 0 Å². The summed E-state index contributed by atoms with van der Waals surface area (Å²) in [6.45, 7) is 6.48. The van der Waals surface area contributed by atoms with Crippen LogP contribution in [0.15, 0.2) is 0 Å². The van der Waals surface area contributed by atoms with Crippen LogP contribution in [-0.2, 0) is 9.84 Å². The molecule has 4 unspecified atom stereocenters. The van der Waals surface area contributed by atoms with Crippen LogP contribution in [0.1, 0.15) is 46.5 Å². The molecule has 0 radical (unpaired) electrons. The summed E-state index contributed by atoms with van der Waals surface area (Å²) in [4.78, 5) is 0. The summed E-state index contributed by atoms with van der Waals surface area (Å²) in [6.07, 6.45) is 3.99. The molecular formula is C13H25NO2S. The van der Waals surface area contributed by atoms with E-state index in [9.17, 15) is 8.42 Å². The Balaban J connectivity index is 2.14. The van der Waals surface area contributed by atoms with Gasteiger partial charge < -0.3 is 5.32 Å². The van der Waals surface area contributed by atoms with Crippen LogP contribution in [0.5, 0.6) is 0 Å². The van der Waals surface area contributed by atoms with Gasteiger partial charge in [-0.05, 0) is 37.5 Å². The molecule has 2 aliphatic rings. The van der Waals surface area contributed by atoms with Crippen LogP contribution in [0, 0.1) is 11.8 Å². The molecule has 1 aliphatic heterocycles. The molecule has 4 heteroatoms. The topological polar surface area (TPSA) is 46.2 Å². The number of sulfone groups is 1.